The van der Waals surface area contributed by atoms with Crippen LogP contribution in [0.2, 0.25) is 0 Å². The summed E-state index contributed by atoms with van der Waals surface area (Å²) in [7, 11) is 0. The number of hydrogen-bond acceptors (Lipinski definition) is 3. The first-order valence-electron chi connectivity index (χ1n) is 17.9. The van der Waals surface area contributed by atoms with Crippen molar-refractivity contribution < 1.29 is 9.15 Å². The van der Waals surface area contributed by atoms with Gasteiger partial charge in [-0.05, 0) is 90.9 Å². The van der Waals surface area contributed by atoms with E-state index in [-0.39, 0.29) is 0 Å². The molecule has 1 aliphatic rings. The molecule has 9 aromatic rings. The molecular formula is C49H34N2O2. The lowest BCUT2D eigenvalue weighted by atomic mass is 9.93. The van der Waals surface area contributed by atoms with Crippen molar-refractivity contribution in [3.63, 3.8) is 0 Å². The lowest BCUT2D eigenvalue weighted by Crippen LogP contribution is -2.10. The van der Waals surface area contributed by atoms with Gasteiger partial charge in [0.2, 0.25) is 0 Å². The second-order valence-electron chi connectivity index (χ2n) is 13.3. The molecule has 0 spiro atoms. The number of nitrogens with zero attached hydrogens (tertiary/aromatic N) is 2. The van der Waals surface area contributed by atoms with Crippen LogP contribution < -0.4 is 9.64 Å². The molecule has 0 saturated heterocycles. The van der Waals surface area contributed by atoms with Crippen molar-refractivity contribution in [3.05, 3.63) is 182 Å². The molecule has 0 N–H and O–H groups in total. The lowest BCUT2D eigenvalue weighted by molar-refractivity contribution is 0.488. The van der Waals surface area contributed by atoms with Gasteiger partial charge in [0.15, 0.2) is 5.58 Å². The molecule has 1 aliphatic heterocycles. The van der Waals surface area contributed by atoms with Gasteiger partial charge in [0.05, 0.1) is 16.9 Å². The highest BCUT2D eigenvalue weighted by Gasteiger charge is 2.25. The Bertz CT molecular complexity index is 2910. The van der Waals surface area contributed by atoms with E-state index in [2.05, 4.69) is 156 Å². The number of aromatic nitrogens is 1. The van der Waals surface area contributed by atoms with Crippen molar-refractivity contribution in [1.29, 1.82) is 0 Å². The van der Waals surface area contributed by atoms with Gasteiger partial charge in [-0.25, -0.2) is 0 Å². The minimum Gasteiger partial charge on any atom is -0.456 e. The minimum atomic E-state index is 0.831. The summed E-state index contributed by atoms with van der Waals surface area (Å²) < 4.78 is 15.6. The molecule has 0 saturated carbocycles. The first-order valence-corrected chi connectivity index (χ1v) is 17.9. The molecular weight excluding hydrogens is 649 g/mol. The van der Waals surface area contributed by atoms with E-state index >= 15 is 0 Å². The fraction of sp³-hybridized carbons (Fsp3) is 0.0204. The van der Waals surface area contributed by atoms with Crippen molar-refractivity contribution in [2.75, 3.05) is 4.90 Å². The topological polar surface area (TPSA) is 30.5 Å². The molecule has 0 unspecified atom stereocenters. The minimum absolute atomic E-state index is 0.831. The van der Waals surface area contributed by atoms with Crippen LogP contribution in [0.1, 0.15) is 18.2 Å². The maximum Gasteiger partial charge on any atom is 0.159 e. The van der Waals surface area contributed by atoms with Gasteiger partial charge in [0.1, 0.15) is 17.1 Å². The zero-order valence-electron chi connectivity index (χ0n) is 29.2. The number of ether oxygens (including phenoxy) is 1. The van der Waals surface area contributed by atoms with Gasteiger partial charge in [-0.3, -0.25) is 0 Å². The van der Waals surface area contributed by atoms with E-state index in [0.717, 1.165) is 101 Å². The van der Waals surface area contributed by atoms with E-state index in [0.29, 0.717) is 0 Å². The normalized spacial score (nSPS) is 12.0. The highest BCUT2D eigenvalue weighted by Crippen LogP contribution is 2.50. The van der Waals surface area contributed by atoms with E-state index < -0.39 is 0 Å². The first kappa shape index (κ1) is 30.8. The largest absolute Gasteiger partial charge is 0.456 e. The summed E-state index contributed by atoms with van der Waals surface area (Å²) in [5.74, 6) is 1.68. The molecule has 0 atom stereocenters. The molecule has 0 radical (unpaired) electrons. The SMILES string of the molecule is C=Cc1c(/C=C\C)n(-c2ccccc2)c2ccc(N(c3ccc4c(c3)-c3ccccc3Oc3ccccc3-4)c3cccc4c3oc3ccccc34)cc12. The molecule has 3 heterocycles. The Hall–Kier alpha value is -7.04. The Balaban J connectivity index is 1.27. The van der Waals surface area contributed by atoms with Gasteiger partial charge < -0.3 is 18.6 Å². The number of rotatable bonds is 6. The number of para-hydroxylation sites is 5. The Morgan fingerprint density at radius 2 is 1.26 bits per heavy atom. The molecule has 53 heavy (non-hydrogen) atoms. The highest BCUT2D eigenvalue weighted by molar-refractivity contribution is 6.11. The second kappa shape index (κ2) is 12.3. The van der Waals surface area contributed by atoms with Crippen LogP contribution in [0.25, 0.3) is 72.9 Å². The van der Waals surface area contributed by atoms with Crippen LogP contribution in [0.4, 0.5) is 17.1 Å². The molecule has 10 rings (SSSR count). The molecule has 252 valence electrons. The summed E-state index contributed by atoms with van der Waals surface area (Å²) in [5, 5.41) is 3.27. The van der Waals surface area contributed by atoms with Gasteiger partial charge >= 0.3 is 0 Å². The van der Waals surface area contributed by atoms with Crippen molar-refractivity contribution >= 4 is 62.1 Å². The van der Waals surface area contributed by atoms with E-state index in [1.54, 1.807) is 0 Å². The number of allylic oxidation sites excluding steroid dienone is 1. The monoisotopic (exact) mass is 682 g/mol. The molecule has 4 nitrogen and oxygen atoms in total. The summed E-state index contributed by atoms with van der Waals surface area (Å²) in [6.07, 6.45) is 6.23. The van der Waals surface area contributed by atoms with E-state index in [9.17, 15) is 0 Å². The summed E-state index contributed by atoms with van der Waals surface area (Å²) in [5.41, 5.74) is 13.4. The maximum atomic E-state index is 6.70. The van der Waals surface area contributed by atoms with Gasteiger partial charge in [-0.15, -0.1) is 0 Å². The molecule has 4 heteroatoms. The zero-order chi connectivity index (χ0) is 35.5. The third-order valence-corrected chi connectivity index (χ3v) is 10.3. The fourth-order valence-electron chi connectivity index (χ4n) is 7.99. The summed E-state index contributed by atoms with van der Waals surface area (Å²) in [4.78, 5) is 2.33. The number of anilines is 3. The third kappa shape index (κ3) is 4.84. The Labute approximate surface area is 307 Å². The zero-order valence-corrected chi connectivity index (χ0v) is 29.2. The van der Waals surface area contributed by atoms with E-state index in [1.165, 1.54) is 0 Å². The van der Waals surface area contributed by atoms with Gasteiger partial charge in [0, 0.05) is 49.9 Å². The maximum absolute atomic E-state index is 6.70. The molecule has 0 amide bonds. The quantitative estimate of drug-likeness (QED) is 0.175. The average Bonchev–Trinajstić information content (AvgIpc) is 3.70. The van der Waals surface area contributed by atoms with Crippen LogP contribution in [0.3, 0.4) is 0 Å². The Morgan fingerprint density at radius 1 is 0.585 bits per heavy atom. The van der Waals surface area contributed by atoms with Gasteiger partial charge in [0.25, 0.3) is 0 Å². The van der Waals surface area contributed by atoms with Crippen molar-refractivity contribution in [1.82, 2.24) is 4.57 Å². The summed E-state index contributed by atoms with van der Waals surface area (Å²) in [6, 6.07) is 55.2. The fourth-order valence-corrected chi connectivity index (χ4v) is 7.99. The number of fused-ring (bicyclic) bond motifs is 9. The predicted octanol–water partition coefficient (Wildman–Crippen LogP) is 14.1. The molecule has 0 fully saturated rings. The Morgan fingerprint density at radius 3 is 2.06 bits per heavy atom. The van der Waals surface area contributed by atoms with E-state index in [4.69, 9.17) is 9.15 Å². The van der Waals surface area contributed by atoms with Crippen LogP contribution >= 0.6 is 0 Å². The number of benzene rings is 7. The number of furan rings is 1. The molecule has 0 bridgehead atoms. The average molecular weight is 683 g/mol. The third-order valence-electron chi connectivity index (χ3n) is 10.3. The second-order valence-corrected chi connectivity index (χ2v) is 13.3. The smallest absolute Gasteiger partial charge is 0.159 e. The van der Waals surface area contributed by atoms with Crippen molar-refractivity contribution in [2.24, 2.45) is 0 Å². The summed E-state index contributed by atoms with van der Waals surface area (Å²) >= 11 is 0. The van der Waals surface area contributed by atoms with Gasteiger partial charge in [-0.2, -0.15) is 0 Å². The first-order chi connectivity index (χ1) is 26.2. The summed E-state index contributed by atoms with van der Waals surface area (Å²) in [6.45, 7) is 6.35. The van der Waals surface area contributed by atoms with Crippen LogP contribution in [0.15, 0.2) is 175 Å². The molecule has 7 aromatic carbocycles. The Kier molecular flexibility index (Phi) is 7.15. The van der Waals surface area contributed by atoms with Crippen molar-refractivity contribution in [3.8, 4) is 39.4 Å². The van der Waals surface area contributed by atoms with Crippen LogP contribution in [-0.2, 0) is 0 Å². The predicted molar refractivity (Wildman–Crippen MR) is 221 cm³/mol. The lowest BCUT2D eigenvalue weighted by Gasteiger charge is -2.27. The van der Waals surface area contributed by atoms with Crippen LogP contribution in [-0.4, -0.2) is 4.57 Å². The molecule has 0 aliphatic carbocycles. The highest BCUT2D eigenvalue weighted by atomic mass is 16.5. The van der Waals surface area contributed by atoms with Crippen LogP contribution in [0.5, 0.6) is 11.5 Å². The van der Waals surface area contributed by atoms with Gasteiger partial charge in [-0.1, -0.05) is 110 Å². The van der Waals surface area contributed by atoms with Crippen LogP contribution in [0, 0.1) is 0 Å². The standard InChI is InChI=1S/C49H34N2O2/c1-3-15-43-35(4-2)42-31-34(27-29-44(42)51(43)32-16-6-5-7-17-32)50(45-22-14-21-40-38-19-9-13-25-48(38)53-49(40)45)33-26-28-36-37-18-8-11-23-46(37)52-47-24-12-10-20-39(47)41(36)30-33/h3-31H,2H2,1H3/b15-3-. The molecule has 2 aromatic heterocycles. The number of hydrogen-bond donors (Lipinski definition) is 0. The van der Waals surface area contributed by atoms with Crippen molar-refractivity contribution in [2.45, 2.75) is 6.92 Å². The van der Waals surface area contributed by atoms with E-state index in [1.807, 2.05) is 42.5 Å².